The summed E-state index contributed by atoms with van der Waals surface area (Å²) < 4.78 is 9.12. The summed E-state index contributed by atoms with van der Waals surface area (Å²) >= 11 is 5.95. The van der Waals surface area contributed by atoms with E-state index in [-0.39, 0.29) is 13.2 Å². The fourth-order valence-corrected chi connectivity index (χ4v) is 2.33. The van der Waals surface area contributed by atoms with Crippen molar-refractivity contribution in [1.82, 2.24) is 0 Å². The summed E-state index contributed by atoms with van der Waals surface area (Å²) in [4.78, 5) is 24.2. The number of aryl methyl sites for hydroxylation is 1. The van der Waals surface area contributed by atoms with E-state index in [4.69, 9.17) is 26.9 Å². The van der Waals surface area contributed by atoms with E-state index < -0.39 is 22.7 Å². The van der Waals surface area contributed by atoms with Crippen molar-refractivity contribution < 1.29 is 23.7 Å². The Morgan fingerprint density at radius 2 is 2.25 bits per heavy atom. The van der Waals surface area contributed by atoms with Crippen molar-refractivity contribution in [2.75, 3.05) is 20.3 Å². The van der Waals surface area contributed by atoms with Crippen LogP contribution in [0, 0.1) is 6.92 Å². The van der Waals surface area contributed by atoms with Gasteiger partial charge in [-0.25, -0.2) is 4.79 Å². The number of nitrogens with two attached hydrogens (primary N) is 1. The lowest BCUT2D eigenvalue weighted by Crippen LogP contribution is -2.61. The van der Waals surface area contributed by atoms with Gasteiger partial charge in [-0.05, 0) is 30.2 Å². The van der Waals surface area contributed by atoms with E-state index >= 15 is 0 Å². The maximum absolute atomic E-state index is 12.6. The Labute approximate surface area is 121 Å². The number of methoxy groups -OCH3 is 1. The van der Waals surface area contributed by atoms with Crippen LogP contribution in [0.1, 0.15) is 17.2 Å². The second-order valence-electron chi connectivity index (χ2n) is 4.66. The van der Waals surface area contributed by atoms with Crippen LogP contribution in [0.2, 0.25) is 5.02 Å². The van der Waals surface area contributed by atoms with Gasteiger partial charge in [0.25, 0.3) is 0 Å². The Morgan fingerprint density at radius 3 is 2.80 bits per heavy atom. The second kappa shape index (κ2) is 5.49. The largest absolute Gasteiger partial charge is 0.544 e. The van der Waals surface area contributed by atoms with E-state index in [1.807, 2.05) is 6.92 Å². The van der Waals surface area contributed by atoms with Gasteiger partial charge in [0.1, 0.15) is 13.2 Å². The first-order valence-corrected chi connectivity index (χ1v) is 6.45. The quantitative estimate of drug-likeness (QED) is 0.522. The highest BCUT2D eigenvalue weighted by Gasteiger charge is 2.52. The molecular formula is C13H16ClN2O4+. The van der Waals surface area contributed by atoms with Gasteiger partial charge in [0, 0.05) is 12.1 Å². The maximum Gasteiger partial charge on any atom is 0.544 e. The van der Waals surface area contributed by atoms with E-state index in [2.05, 4.69) is 0 Å². The number of quaternary nitrogens is 1. The molecule has 2 amide bonds. The topological polar surface area (TPSA) is 78.6 Å². The number of ether oxygens (including phenoxy) is 2. The van der Waals surface area contributed by atoms with Gasteiger partial charge in [-0.1, -0.05) is 22.3 Å². The number of amides is 2. The molecule has 2 N–H and O–H groups in total. The smallest absolute Gasteiger partial charge is 0.412 e. The number of hydrogen-bond donors (Lipinski definition) is 1. The molecule has 0 spiro atoms. The molecule has 6 nitrogen and oxygen atoms in total. The summed E-state index contributed by atoms with van der Waals surface area (Å²) in [5.41, 5.74) is 1.42. The van der Waals surface area contributed by atoms with E-state index in [0.717, 1.165) is 5.56 Å². The predicted molar refractivity (Wildman–Crippen MR) is 71.6 cm³/mol. The van der Waals surface area contributed by atoms with Gasteiger partial charge in [-0.15, -0.1) is 0 Å². The number of nitrogens with zero attached hydrogens (tertiary/aromatic N) is 1. The van der Waals surface area contributed by atoms with E-state index in [1.54, 1.807) is 18.2 Å². The average molecular weight is 300 g/mol. The van der Waals surface area contributed by atoms with Crippen LogP contribution in [-0.2, 0) is 14.3 Å². The molecule has 0 aliphatic carbocycles. The normalized spacial score (nSPS) is 23.5. The Balaban J connectivity index is 2.40. The van der Waals surface area contributed by atoms with Crippen LogP contribution in [-0.4, -0.2) is 36.9 Å². The summed E-state index contributed by atoms with van der Waals surface area (Å²) in [5.74, 6) is 5.28. The Hall–Kier alpha value is -1.47. The minimum atomic E-state index is -0.968. The Morgan fingerprint density at radius 1 is 1.55 bits per heavy atom. The van der Waals surface area contributed by atoms with Gasteiger partial charge < -0.3 is 9.47 Å². The molecule has 0 bridgehead atoms. The number of benzene rings is 1. The fourth-order valence-electron chi connectivity index (χ4n) is 2.15. The lowest BCUT2D eigenvalue weighted by Gasteiger charge is -2.24. The zero-order chi connectivity index (χ0) is 14.9. The van der Waals surface area contributed by atoms with Gasteiger partial charge in [-0.2, -0.15) is 10.6 Å². The molecule has 0 saturated carbocycles. The van der Waals surface area contributed by atoms with Crippen LogP contribution in [0.3, 0.4) is 0 Å². The van der Waals surface area contributed by atoms with Crippen molar-refractivity contribution in [2.24, 2.45) is 5.84 Å². The van der Waals surface area contributed by atoms with E-state index in [0.29, 0.717) is 10.6 Å². The first kappa shape index (κ1) is 14.9. The van der Waals surface area contributed by atoms with Gasteiger partial charge in [-0.3, -0.25) is 0 Å². The number of imide groups is 1. The minimum Gasteiger partial charge on any atom is -0.412 e. The monoisotopic (exact) mass is 299 g/mol. The van der Waals surface area contributed by atoms with Crippen molar-refractivity contribution in [3.8, 4) is 0 Å². The number of cyclic esters (lactones) is 1. The third-order valence-electron chi connectivity index (χ3n) is 3.37. The van der Waals surface area contributed by atoms with Crippen LogP contribution in [0.4, 0.5) is 4.79 Å². The third-order valence-corrected chi connectivity index (χ3v) is 3.61. The van der Waals surface area contributed by atoms with Gasteiger partial charge >= 0.3 is 12.0 Å². The lowest BCUT2D eigenvalue weighted by atomic mass is 10.0. The number of carbonyl (C=O) groups excluding carboxylic acids is 2. The summed E-state index contributed by atoms with van der Waals surface area (Å²) in [6, 6.07) is 5.13. The van der Waals surface area contributed by atoms with Gasteiger partial charge in [0.05, 0.1) is 0 Å². The Kier molecular flexibility index (Phi) is 4.10. The van der Waals surface area contributed by atoms with Crippen molar-refractivity contribution in [3.63, 3.8) is 0 Å². The molecule has 2 atom stereocenters. The first-order chi connectivity index (χ1) is 9.40. The molecule has 1 fully saturated rings. The van der Waals surface area contributed by atoms with Crippen molar-refractivity contribution >= 4 is 23.6 Å². The van der Waals surface area contributed by atoms with Crippen LogP contribution in [0.25, 0.3) is 0 Å². The molecule has 2 rings (SSSR count). The molecule has 1 aliphatic rings. The Bertz CT molecular complexity index is 563. The zero-order valence-electron chi connectivity index (χ0n) is 11.3. The fraction of sp³-hybridized carbons (Fsp3) is 0.385. The number of halogens is 1. The van der Waals surface area contributed by atoms with Gasteiger partial charge in [0.2, 0.25) is 0 Å². The average Bonchev–Trinajstić information content (AvgIpc) is 2.76. The highest BCUT2D eigenvalue weighted by atomic mass is 35.5. The zero-order valence-corrected chi connectivity index (χ0v) is 12.0. The second-order valence-corrected chi connectivity index (χ2v) is 5.10. The molecule has 1 aliphatic heterocycles. The molecule has 0 radical (unpaired) electrons. The van der Waals surface area contributed by atoms with Crippen molar-refractivity contribution in [1.29, 1.82) is 0 Å². The van der Waals surface area contributed by atoms with Crippen LogP contribution >= 0.6 is 11.6 Å². The standard InChI is InChI=1S/C13H16ClN2O4/c1-8-3-4-9(14)7-10(8)11(19-2)12(17)16(15)5-6-20-13(16)18/h3-4,7,11H,5-6,15H2,1-2H3/q+1. The molecule has 0 aromatic heterocycles. The molecule has 20 heavy (non-hydrogen) atoms. The predicted octanol–water partition coefficient (Wildman–Crippen LogP) is 1.70. The van der Waals surface area contributed by atoms with E-state index in [9.17, 15) is 9.59 Å². The number of rotatable bonds is 3. The third kappa shape index (κ3) is 2.43. The molecule has 1 aromatic carbocycles. The summed E-state index contributed by atoms with van der Waals surface area (Å²) in [5, 5.41) is 0.480. The number of hydrogen-bond acceptors (Lipinski definition) is 5. The summed E-state index contributed by atoms with van der Waals surface area (Å²) in [7, 11) is 1.39. The molecule has 108 valence electrons. The highest BCUT2D eigenvalue weighted by molar-refractivity contribution is 6.30. The molecule has 7 heteroatoms. The summed E-state index contributed by atoms with van der Waals surface area (Å²) in [6.07, 6.45) is -1.74. The molecule has 2 unspecified atom stereocenters. The lowest BCUT2D eigenvalue weighted by molar-refractivity contribution is -0.780. The molecule has 1 saturated heterocycles. The van der Waals surface area contributed by atoms with E-state index in [1.165, 1.54) is 7.11 Å². The van der Waals surface area contributed by atoms with Gasteiger partial charge in [0.15, 0.2) is 6.10 Å². The summed E-state index contributed by atoms with van der Waals surface area (Å²) in [6.45, 7) is 2.04. The number of carbonyl (C=O) groups is 2. The molecule has 1 heterocycles. The van der Waals surface area contributed by atoms with Crippen LogP contribution in [0.5, 0.6) is 0 Å². The highest BCUT2D eigenvalue weighted by Crippen LogP contribution is 2.28. The maximum atomic E-state index is 12.6. The van der Waals surface area contributed by atoms with Crippen molar-refractivity contribution in [2.45, 2.75) is 13.0 Å². The first-order valence-electron chi connectivity index (χ1n) is 6.07. The molecular weight excluding hydrogens is 284 g/mol. The van der Waals surface area contributed by atoms with Crippen molar-refractivity contribution in [3.05, 3.63) is 34.3 Å². The SMILES string of the molecule is COC(C(=O)[N+]1(N)CCOC1=O)c1cc(Cl)ccc1C. The van der Waals surface area contributed by atoms with Crippen LogP contribution < -0.4 is 5.84 Å². The molecule has 1 aromatic rings. The van der Waals surface area contributed by atoms with Crippen LogP contribution in [0.15, 0.2) is 18.2 Å². The minimum absolute atomic E-state index is 0.0944.